The zero-order valence-corrected chi connectivity index (χ0v) is 6.73. The SMILES string of the molecule is Cn1ccc(COCC(=O)O)n1. The summed E-state index contributed by atoms with van der Waals surface area (Å²) < 4.78 is 6.46. The Balaban J connectivity index is 2.29. The van der Waals surface area contributed by atoms with Crippen LogP contribution in [0.3, 0.4) is 0 Å². The van der Waals surface area contributed by atoms with Gasteiger partial charge in [0.1, 0.15) is 6.61 Å². The summed E-state index contributed by atoms with van der Waals surface area (Å²) in [6, 6.07) is 1.78. The van der Waals surface area contributed by atoms with Gasteiger partial charge in [-0.3, -0.25) is 4.68 Å². The molecule has 1 N–H and O–H groups in total. The van der Waals surface area contributed by atoms with Crippen molar-refractivity contribution < 1.29 is 14.6 Å². The van der Waals surface area contributed by atoms with Gasteiger partial charge in [-0.15, -0.1) is 0 Å². The summed E-state index contributed by atoms with van der Waals surface area (Å²) in [5, 5.41) is 12.3. The molecule has 0 spiro atoms. The van der Waals surface area contributed by atoms with Gasteiger partial charge in [-0.1, -0.05) is 0 Å². The number of ether oxygens (including phenoxy) is 1. The van der Waals surface area contributed by atoms with Gasteiger partial charge >= 0.3 is 5.97 Å². The van der Waals surface area contributed by atoms with Gasteiger partial charge in [-0.25, -0.2) is 4.79 Å². The molecule has 0 aliphatic carbocycles. The van der Waals surface area contributed by atoms with Crippen LogP contribution < -0.4 is 0 Å². The van der Waals surface area contributed by atoms with E-state index >= 15 is 0 Å². The molecule has 66 valence electrons. The number of carboxylic acid groups (broad SMARTS) is 1. The summed E-state index contributed by atoms with van der Waals surface area (Å²) in [6.45, 7) is -0.0380. The summed E-state index contributed by atoms with van der Waals surface area (Å²) in [7, 11) is 1.79. The first kappa shape index (κ1) is 8.73. The van der Waals surface area contributed by atoms with E-state index in [4.69, 9.17) is 9.84 Å². The quantitative estimate of drug-likeness (QED) is 0.691. The second-order valence-corrected chi connectivity index (χ2v) is 2.37. The molecule has 12 heavy (non-hydrogen) atoms. The van der Waals surface area contributed by atoms with E-state index in [0.717, 1.165) is 5.69 Å². The van der Waals surface area contributed by atoms with E-state index < -0.39 is 5.97 Å². The van der Waals surface area contributed by atoms with Crippen molar-refractivity contribution >= 4 is 5.97 Å². The van der Waals surface area contributed by atoms with Gasteiger partial charge in [0.15, 0.2) is 0 Å². The number of rotatable bonds is 4. The van der Waals surface area contributed by atoms with Crippen LogP contribution in [0.15, 0.2) is 12.3 Å². The van der Waals surface area contributed by atoms with Crippen molar-refractivity contribution in [2.24, 2.45) is 7.05 Å². The molecule has 0 atom stereocenters. The van der Waals surface area contributed by atoms with Crippen LogP contribution in [-0.2, 0) is 23.2 Å². The maximum absolute atomic E-state index is 10.0. The Kier molecular flexibility index (Phi) is 2.82. The molecule has 0 aliphatic rings. The zero-order chi connectivity index (χ0) is 8.97. The van der Waals surface area contributed by atoms with E-state index in [1.807, 2.05) is 0 Å². The third-order valence-electron chi connectivity index (χ3n) is 1.24. The fourth-order valence-electron chi connectivity index (χ4n) is 0.783. The van der Waals surface area contributed by atoms with E-state index in [0.29, 0.717) is 0 Å². The molecule has 0 aliphatic heterocycles. The Labute approximate surface area is 69.6 Å². The van der Waals surface area contributed by atoms with Crippen molar-refractivity contribution in [3.63, 3.8) is 0 Å². The van der Waals surface area contributed by atoms with Crippen LogP contribution in [0.1, 0.15) is 5.69 Å². The first-order chi connectivity index (χ1) is 5.68. The predicted octanol–water partition coefficient (Wildman–Crippen LogP) is 0.0213. The minimum absolute atomic E-state index is 0.243. The molecule has 0 saturated heterocycles. The number of aryl methyl sites for hydroxylation is 1. The third-order valence-corrected chi connectivity index (χ3v) is 1.24. The van der Waals surface area contributed by atoms with Crippen LogP contribution in [0.4, 0.5) is 0 Å². The summed E-state index contributed by atoms with van der Waals surface area (Å²) >= 11 is 0. The van der Waals surface area contributed by atoms with Gasteiger partial charge in [-0.05, 0) is 6.07 Å². The monoisotopic (exact) mass is 170 g/mol. The topological polar surface area (TPSA) is 64.3 Å². The molecule has 1 aromatic rings. The van der Waals surface area contributed by atoms with Crippen LogP contribution in [0.5, 0.6) is 0 Å². The fourth-order valence-corrected chi connectivity index (χ4v) is 0.783. The van der Waals surface area contributed by atoms with Crippen molar-refractivity contribution in [3.05, 3.63) is 18.0 Å². The first-order valence-electron chi connectivity index (χ1n) is 3.46. The Morgan fingerprint density at radius 1 is 1.83 bits per heavy atom. The minimum atomic E-state index is -0.967. The van der Waals surface area contributed by atoms with Gasteiger partial charge < -0.3 is 9.84 Å². The Morgan fingerprint density at radius 2 is 2.58 bits per heavy atom. The van der Waals surface area contributed by atoms with Crippen LogP contribution >= 0.6 is 0 Å². The van der Waals surface area contributed by atoms with Crippen molar-refractivity contribution in [2.75, 3.05) is 6.61 Å². The molecule has 0 bridgehead atoms. The van der Waals surface area contributed by atoms with Gasteiger partial charge in [0.25, 0.3) is 0 Å². The molecule has 1 rings (SSSR count). The van der Waals surface area contributed by atoms with E-state index in [9.17, 15) is 4.79 Å². The number of hydrogen-bond acceptors (Lipinski definition) is 3. The molecule has 1 aromatic heterocycles. The third kappa shape index (κ3) is 2.71. The molecule has 1 heterocycles. The first-order valence-corrected chi connectivity index (χ1v) is 3.46. The highest BCUT2D eigenvalue weighted by Crippen LogP contribution is 1.95. The lowest BCUT2D eigenvalue weighted by molar-refractivity contribution is -0.142. The molecule has 0 amide bonds. The molecule has 0 saturated carbocycles. The highest BCUT2D eigenvalue weighted by Gasteiger charge is 1.99. The van der Waals surface area contributed by atoms with E-state index in [2.05, 4.69) is 5.10 Å². The predicted molar refractivity (Wildman–Crippen MR) is 40.5 cm³/mol. The van der Waals surface area contributed by atoms with Crippen molar-refractivity contribution in [1.82, 2.24) is 9.78 Å². The average molecular weight is 170 g/mol. The Hall–Kier alpha value is -1.36. The van der Waals surface area contributed by atoms with E-state index in [1.54, 1.807) is 24.0 Å². The molecule has 0 radical (unpaired) electrons. The standard InChI is InChI=1S/C7H10N2O3/c1-9-3-2-6(8-9)4-12-5-7(10)11/h2-3H,4-5H2,1H3,(H,10,11). The van der Waals surface area contributed by atoms with Gasteiger partial charge in [0.2, 0.25) is 0 Å². The molecular formula is C7H10N2O3. The smallest absolute Gasteiger partial charge is 0.329 e. The molecule has 5 heteroatoms. The lowest BCUT2D eigenvalue weighted by Gasteiger charge is -1.96. The highest BCUT2D eigenvalue weighted by molar-refractivity contribution is 5.67. The van der Waals surface area contributed by atoms with E-state index in [-0.39, 0.29) is 13.2 Å². The largest absolute Gasteiger partial charge is 0.480 e. The van der Waals surface area contributed by atoms with Crippen LogP contribution in [-0.4, -0.2) is 27.5 Å². The average Bonchev–Trinajstić information content (AvgIpc) is 2.35. The number of nitrogens with zero attached hydrogens (tertiary/aromatic N) is 2. The highest BCUT2D eigenvalue weighted by atomic mass is 16.5. The molecule has 0 aromatic carbocycles. The maximum atomic E-state index is 10.0. The number of carboxylic acids is 1. The van der Waals surface area contributed by atoms with Crippen LogP contribution in [0, 0.1) is 0 Å². The normalized spacial score (nSPS) is 10.1. The van der Waals surface area contributed by atoms with Crippen molar-refractivity contribution in [1.29, 1.82) is 0 Å². The van der Waals surface area contributed by atoms with Crippen LogP contribution in [0.25, 0.3) is 0 Å². The van der Waals surface area contributed by atoms with Crippen molar-refractivity contribution in [2.45, 2.75) is 6.61 Å². The van der Waals surface area contributed by atoms with E-state index in [1.165, 1.54) is 0 Å². The second kappa shape index (κ2) is 3.87. The van der Waals surface area contributed by atoms with Crippen LogP contribution in [0.2, 0.25) is 0 Å². The lowest BCUT2D eigenvalue weighted by atomic mass is 10.5. The number of aromatic nitrogens is 2. The molecule has 5 nitrogen and oxygen atoms in total. The van der Waals surface area contributed by atoms with Gasteiger partial charge in [-0.2, -0.15) is 5.10 Å². The fraction of sp³-hybridized carbons (Fsp3) is 0.429. The molecule has 0 fully saturated rings. The number of aliphatic carboxylic acids is 1. The maximum Gasteiger partial charge on any atom is 0.329 e. The Bertz CT molecular complexity index is 269. The lowest BCUT2D eigenvalue weighted by Crippen LogP contribution is -2.07. The summed E-state index contributed by atoms with van der Waals surface area (Å²) in [4.78, 5) is 10.0. The summed E-state index contributed by atoms with van der Waals surface area (Å²) in [5.41, 5.74) is 0.735. The second-order valence-electron chi connectivity index (χ2n) is 2.37. The summed E-state index contributed by atoms with van der Waals surface area (Å²) in [6.07, 6.45) is 1.78. The summed E-state index contributed by atoms with van der Waals surface area (Å²) in [5.74, 6) is -0.967. The van der Waals surface area contributed by atoms with Gasteiger partial charge in [0, 0.05) is 13.2 Å². The van der Waals surface area contributed by atoms with Crippen molar-refractivity contribution in [3.8, 4) is 0 Å². The number of carbonyl (C=O) groups is 1. The molecule has 0 unspecified atom stereocenters. The molecular weight excluding hydrogens is 160 g/mol. The number of hydrogen-bond donors (Lipinski definition) is 1. The van der Waals surface area contributed by atoms with Gasteiger partial charge in [0.05, 0.1) is 12.3 Å². The Morgan fingerprint density at radius 3 is 3.08 bits per heavy atom. The minimum Gasteiger partial charge on any atom is -0.480 e. The zero-order valence-electron chi connectivity index (χ0n) is 6.73.